The van der Waals surface area contributed by atoms with Gasteiger partial charge in [-0.05, 0) is 17.0 Å². The highest BCUT2D eigenvalue weighted by molar-refractivity contribution is 5.65. The summed E-state index contributed by atoms with van der Waals surface area (Å²) in [5.74, 6) is 4.29. The van der Waals surface area contributed by atoms with Crippen molar-refractivity contribution >= 4 is 5.82 Å². The normalized spacial score (nSPS) is 11.5. The molecule has 0 aliphatic carbocycles. The lowest BCUT2D eigenvalue weighted by Gasteiger charge is -2.14. The van der Waals surface area contributed by atoms with Crippen molar-refractivity contribution in [2.24, 2.45) is 7.05 Å². The standard InChI is InChI=1S/C27H24F3N5/c1-5-19-15-32-25(22-9-7-6-8-21(22)17(2)3)34-24(19)31-14-18-10-12-20(13-11-18)26-33-23(16-35(26)4)27(28,29)30/h1,6-13,15-17H,14H2,2-4H3,(H,31,32,34). The van der Waals surface area contributed by atoms with Gasteiger partial charge >= 0.3 is 6.18 Å². The molecule has 0 amide bonds. The predicted molar refractivity (Wildman–Crippen MR) is 130 cm³/mol. The topological polar surface area (TPSA) is 55.6 Å². The SMILES string of the molecule is C#Cc1cnc(-c2ccccc2C(C)C)nc1NCc1ccc(-c2nc(C(F)(F)F)cn2C)cc1. The van der Waals surface area contributed by atoms with E-state index >= 15 is 0 Å². The maximum Gasteiger partial charge on any atom is 0.434 e. The monoisotopic (exact) mass is 475 g/mol. The van der Waals surface area contributed by atoms with Crippen molar-refractivity contribution in [3.05, 3.63) is 83.3 Å². The van der Waals surface area contributed by atoms with Crippen LogP contribution in [0, 0.1) is 12.3 Å². The van der Waals surface area contributed by atoms with Crippen molar-refractivity contribution in [2.75, 3.05) is 5.32 Å². The van der Waals surface area contributed by atoms with E-state index in [1.165, 1.54) is 4.57 Å². The molecule has 0 aliphatic heterocycles. The molecule has 0 radical (unpaired) electrons. The lowest BCUT2D eigenvalue weighted by molar-refractivity contribution is -0.140. The van der Waals surface area contributed by atoms with Gasteiger partial charge in [0.1, 0.15) is 11.6 Å². The first-order chi connectivity index (χ1) is 16.7. The molecule has 1 N–H and O–H groups in total. The highest BCUT2D eigenvalue weighted by Gasteiger charge is 2.34. The molecule has 0 fully saturated rings. The lowest BCUT2D eigenvalue weighted by Crippen LogP contribution is -2.06. The molecule has 4 aromatic rings. The smallest absolute Gasteiger partial charge is 0.365 e. The van der Waals surface area contributed by atoms with Crippen LogP contribution in [0.2, 0.25) is 0 Å². The van der Waals surface area contributed by atoms with E-state index in [1.807, 2.05) is 30.3 Å². The minimum absolute atomic E-state index is 0.246. The number of aromatic nitrogens is 4. The number of alkyl halides is 3. The maximum atomic E-state index is 13.0. The van der Waals surface area contributed by atoms with Crippen LogP contribution in [0.4, 0.5) is 19.0 Å². The Morgan fingerprint density at radius 3 is 2.40 bits per heavy atom. The molecule has 0 unspecified atom stereocenters. The van der Waals surface area contributed by atoms with Crippen molar-refractivity contribution in [1.29, 1.82) is 0 Å². The van der Waals surface area contributed by atoms with Crippen LogP contribution < -0.4 is 5.32 Å². The first-order valence-electron chi connectivity index (χ1n) is 11.0. The molecule has 2 aromatic heterocycles. The fraction of sp³-hybridized carbons (Fsp3) is 0.222. The summed E-state index contributed by atoms with van der Waals surface area (Å²) in [5.41, 5.74) is 3.22. The average molecular weight is 476 g/mol. The summed E-state index contributed by atoms with van der Waals surface area (Å²) in [6, 6.07) is 15.1. The van der Waals surface area contributed by atoms with Crippen LogP contribution in [0.25, 0.3) is 22.8 Å². The van der Waals surface area contributed by atoms with Gasteiger partial charge in [0, 0.05) is 37.1 Å². The summed E-state index contributed by atoms with van der Waals surface area (Å²) in [5, 5.41) is 3.27. The lowest BCUT2D eigenvalue weighted by atomic mass is 9.97. The second-order valence-electron chi connectivity index (χ2n) is 8.45. The Kier molecular flexibility index (Phi) is 6.61. The van der Waals surface area contributed by atoms with Crippen LogP contribution in [0.5, 0.6) is 0 Å². The molecule has 0 saturated carbocycles. The maximum absolute atomic E-state index is 13.0. The highest BCUT2D eigenvalue weighted by Crippen LogP contribution is 2.31. The van der Waals surface area contributed by atoms with Gasteiger partial charge in [-0.25, -0.2) is 15.0 Å². The van der Waals surface area contributed by atoms with Gasteiger partial charge in [0.2, 0.25) is 0 Å². The number of imidazole rings is 1. The van der Waals surface area contributed by atoms with Crippen LogP contribution in [0.15, 0.2) is 60.9 Å². The molecule has 0 spiro atoms. The van der Waals surface area contributed by atoms with Gasteiger partial charge in [-0.2, -0.15) is 13.2 Å². The van der Waals surface area contributed by atoms with Crippen LogP contribution in [0.1, 0.15) is 42.1 Å². The molecule has 2 aromatic carbocycles. The molecule has 4 rings (SSSR count). The summed E-state index contributed by atoms with van der Waals surface area (Å²) in [6.07, 6.45) is 3.78. The molecule has 2 heterocycles. The number of hydrogen-bond donors (Lipinski definition) is 1. The summed E-state index contributed by atoms with van der Waals surface area (Å²) in [7, 11) is 1.54. The van der Waals surface area contributed by atoms with Crippen LogP contribution in [-0.2, 0) is 19.8 Å². The Balaban J connectivity index is 1.55. The van der Waals surface area contributed by atoms with E-state index in [4.69, 9.17) is 6.42 Å². The zero-order valence-electron chi connectivity index (χ0n) is 19.6. The summed E-state index contributed by atoms with van der Waals surface area (Å²) in [4.78, 5) is 12.9. The third kappa shape index (κ3) is 5.19. The van der Waals surface area contributed by atoms with Crippen LogP contribution >= 0.6 is 0 Å². The quantitative estimate of drug-likeness (QED) is 0.334. The summed E-state index contributed by atoms with van der Waals surface area (Å²) >= 11 is 0. The Labute approximate surface area is 202 Å². The molecule has 0 atom stereocenters. The van der Waals surface area contributed by atoms with E-state index in [0.29, 0.717) is 35.2 Å². The van der Waals surface area contributed by atoms with E-state index in [0.717, 1.165) is 22.9 Å². The largest absolute Gasteiger partial charge is 0.434 e. The van der Waals surface area contributed by atoms with Crippen molar-refractivity contribution in [3.63, 3.8) is 0 Å². The first-order valence-corrected chi connectivity index (χ1v) is 11.0. The fourth-order valence-electron chi connectivity index (χ4n) is 3.78. The Morgan fingerprint density at radius 2 is 1.77 bits per heavy atom. The van der Waals surface area contributed by atoms with Crippen molar-refractivity contribution in [3.8, 4) is 35.1 Å². The van der Waals surface area contributed by atoms with Gasteiger partial charge in [-0.15, -0.1) is 6.42 Å². The number of halogens is 3. The first kappa shape index (κ1) is 24.0. The molecule has 5 nitrogen and oxygen atoms in total. The molecular formula is C27H24F3N5. The van der Waals surface area contributed by atoms with E-state index in [9.17, 15) is 13.2 Å². The second-order valence-corrected chi connectivity index (χ2v) is 8.45. The Morgan fingerprint density at radius 1 is 1.06 bits per heavy atom. The van der Waals surface area contributed by atoms with Crippen molar-refractivity contribution in [2.45, 2.75) is 32.5 Å². The van der Waals surface area contributed by atoms with E-state index in [2.05, 4.69) is 46.1 Å². The van der Waals surface area contributed by atoms with Gasteiger partial charge in [-0.3, -0.25) is 0 Å². The predicted octanol–water partition coefficient (Wildman–Crippen LogP) is 6.28. The number of nitrogens with one attached hydrogen (secondary N) is 1. The highest BCUT2D eigenvalue weighted by atomic mass is 19.4. The number of hydrogen-bond acceptors (Lipinski definition) is 4. The molecule has 8 heteroatoms. The van der Waals surface area contributed by atoms with Crippen molar-refractivity contribution in [1.82, 2.24) is 19.5 Å². The van der Waals surface area contributed by atoms with Crippen LogP contribution in [0.3, 0.4) is 0 Å². The Bertz CT molecular complexity index is 1380. The summed E-state index contributed by atoms with van der Waals surface area (Å²) in [6.45, 7) is 4.66. The van der Waals surface area contributed by atoms with E-state index in [-0.39, 0.29) is 5.82 Å². The van der Waals surface area contributed by atoms with E-state index in [1.54, 1.807) is 25.4 Å². The third-order valence-electron chi connectivity index (χ3n) is 5.61. The van der Waals surface area contributed by atoms with Gasteiger partial charge in [0.15, 0.2) is 11.5 Å². The van der Waals surface area contributed by atoms with Crippen LogP contribution in [-0.4, -0.2) is 19.5 Å². The minimum Gasteiger partial charge on any atom is -0.365 e. The minimum atomic E-state index is -4.49. The average Bonchev–Trinajstić information content (AvgIpc) is 3.25. The zero-order chi connectivity index (χ0) is 25.2. The van der Waals surface area contributed by atoms with Crippen molar-refractivity contribution < 1.29 is 13.2 Å². The fourth-order valence-corrected chi connectivity index (χ4v) is 3.78. The zero-order valence-corrected chi connectivity index (χ0v) is 19.6. The number of aryl methyl sites for hydroxylation is 1. The number of anilines is 1. The Hall–Kier alpha value is -4.12. The molecule has 0 saturated heterocycles. The van der Waals surface area contributed by atoms with Gasteiger partial charge in [-0.1, -0.05) is 68.3 Å². The second kappa shape index (κ2) is 9.63. The number of terminal acetylenes is 1. The molecule has 35 heavy (non-hydrogen) atoms. The van der Waals surface area contributed by atoms with Gasteiger partial charge in [0.05, 0.1) is 5.56 Å². The van der Waals surface area contributed by atoms with Gasteiger partial charge < -0.3 is 9.88 Å². The third-order valence-corrected chi connectivity index (χ3v) is 5.61. The molecule has 0 aliphatic rings. The molecular weight excluding hydrogens is 451 g/mol. The number of rotatable bonds is 6. The molecule has 178 valence electrons. The van der Waals surface area contributed by atoms with Gasteiger partial charge in [0.25, 0.3) is 0 Å². The molecule has 0 bridgehead atoms. The number of nitrogens with zero attached hydrogens (tertiary/aromatic N) is 4. The van der Waals surface area contributed by atoms with E-state index < -0.39 is 11.9 Å². The summed E-state index contributed by atoms with van der Waals surface area (Å²) < 4.78 is 40.3. The number of benzene rings is 2.